The third-order valence-electron chi connectivity index (χ3n) is 5.32. The molecule has 0 bridgehead atoms. The van der Waals surface area contributed by atoms with Gasteiger partial charge < -0.3 is 15.4 Å². The summed E-state index contributed by atoms with van der Waals surface area (Å²) in [5.41, 5.74) is 5.89. The number of methoxy groups -OCH3 is 1. The molecule has 2 aliphatic rings. The highest BCUT2D eigenvalue weighted by Crippen LogP contribution is 2.32. The average molecular weight is 282 g/mol. The van der Waals surface area contributed by atoms with Gasteiger partial charge in [0.1, 0.15) is 0 Å². The first-order valence-corrected chi connectivity index (χ1v) is 8.05. The number of rotatable bonds is 3. The topological polar surface area (TPSA) is 55.6 Å². The fraction of sp³-hybridized carbons (Fsp3) is 0.938. The Bertz CT molecular complexity index is 347. The van der Waals surface area contributed by atoms with Crippen LogP contribution in [0.3, 0.4) is 0 Å². The maximum absolute atomic E-state index is 12.7. The molecule has 1 aliphatic carbocycles. The Kier molecular flexibility index (Phi) is 5.08. The zero-order chi connectivity index (χ0) is 14.8. The smallest absolute Gasteiger partial charge is 0.225 e. The van der Waals surface area contributed by atoms with Crippen LogP contribution in [0.25, 0.3) is 0 Å². The Labute approximate surface area is 123 Å². The number of ether oxygens (including phenoxy) is 1. The van der Waals surface area contributed by atoms with Crippen LogP contribution in [0, 0.1) is 11.8 Å². The predicted molar refractivity (Wildman–Crippen MR) is 80.3 cm³/mol. The van der Waals surface area contributed by atoms with Crippen molar-refractivity contribution < 1.29 is 9.53 Å². The lowest BCUT2D eigenvalue weighted by Gasteiger charge is -2.41. The van der Waals surface area contributed by atoms with E-state index in [4.69, 9.17) is 10.5 Å². The summed E-state index contributed by atoms with van der Waals surface area (Å²) in [5.74, 6) is 0.856. The van der Waals surface area contributed by atoms with Gasteiger partial charge in [0.05, 0.1) is 5.60 Å². The third-order valence-corrected chi connectivity index (χ3v) is 5.32. The summed E-state index contributed by atoms with van der Waals surface area (Å²) in [5, 5.41) is 0. The first kappa shape index (κ1) is 15.8. The van der Waals surface area contributed by atoms with Gasteiger partial charge in [-0.1, -0.05) is 13.3 Å². The average Bonchev–Trinajstić information content (AvgIpc) is 2.46. The molecule has 1 saturated carbocycles. The van der Waals surface area contributed by atoms with Gasteiger partial charge in [-0.05, 0) is 44.9 Å². The van der Waals surface area contributed by atoms with E-state index in [0.29, 0.717) is 11.8 Å². The molecule has 1 aliphatic heterocycles. The molecule has 4 unspecified atom stereocenters. The Balaban J connectivity index is 1.95. The van der Waals surface area contributed by atoms with Crippen LogP contribution in [0.2, 0.25) is 0 Å². The van der Waals surface area contributed by atoms with Crippen molar-refractivity contribution in [2.45, 2.75) is 64.0 Å². The van der Waals surface area contributed by atoms with Crippen molar-refractivity contribution in [3.05, 3.63) is 0 Å². The zero-order valence-corrected chi connectivity index (χ0v) is 13.2. The minimum absolute atomic E-state index is 0.0977. The number of amides is 1. The highest BCUT2D eigenvalue weighted by molar-refractivity contribution is 5.79. The summed E-state index contributed by atoms with van der Waals surface area (Å²) in [6.07, 6.45) is 6.50. The molecular formula is C16H30N2O2. The van der Waals surface area contributed by atoms with Gasteiger partial charge in [0.2, 0.25) is 5.91 Å². The van der Waals surface area contributed by atoms with Crippen LogP contribution >= 0.6 is 0 Å². The molecule has 4 nitrogen and oxygen atoms in total. The Morgan fingerprint density at radius 3 is 2.80 bits per heavy atom. The number of carbonyl (C=O) groups is 1. The van der Waals surface area contributed by atoms with Crippen molar-refractivity contribution in [2.24, 2.45) is 17.6 Å². The van der Waals surface area contributed by atoms with Crippen LogP contribution in [0.4, 0.5) is 0 Å². The molecule has 1 saturated heterocycles. The fourth-order valence-electron chi connectivity index (χ4n) is 3.77. The van der Waals surface area contributed by atoms with Gasteiger partial charge in [-0.25, -0.2) is 0 Å². The summed E-state index contributed by atoms with van der Waals surface area (Å²) in [6, 6.07) is 0.287. The summed E-state index contributed by atoms with van der Waals surface area (Å²) in [7, 11) is 1.75. The van der Waals surface area contributed by atoms with Gasteiger partial charge in [-0.3, -0.25) is 4.79 Å². The van der Waals surface area contributed by atoms with E-state index < -0.39 is 0 Å². The van der Waals surface area contributed by atoms with Gasteiger partial charge in [0, 0.05) is 32.2 Å². The first-order valence-electron chi connectivity index (χ1n) is 8.05. The number of nitrogens with zero attached hydrogens (tertiary/aromatic N) is 1. The highest BCUT2D eigenvalue weighted by Gasteiger charge is 2.37. The Morgan fingerprint density at radius 2 is 2.15 bits per heavy atom. The lowest BCUT2D eigenvalue weighted by atomic mass is 9.78. The van der Waals surface area contributed by atoms with Crippen molar-refractivity contribution in [1.29, 1.82) is 0 Å². The molecule has 116 valence electrons. The molecular weight excluding hydrogens is 252 g/mol. The van der Waals surface area contributed by atoms with Crippen LogP contribution in [0.5, 0.6) is 0 Å². The molecule has 20 heavy (non-hydrogen) atoms. The summed E-state index contributed by atoms with van der Waals surface area (Å²) >= 11 is 0. The summed E-state index contributed by atoms with van der Waals surface area (Å²) < 4.78 is 5.59. The van der Waals surface area contributed by atoms with Crippen molar-refractivity contribution in [2.75, 3.05) is 20.2 Å². The number of likely N-dealkylation sites (tertiary alicyclic amines) is 1. The third kappa shape index (κ3) is 3.53. The molecule has 0 aromatic heterocycles. The van der Waals surface area contributed by atoms with Crippen molar-refractivity contribution in [1.82, 2.24) is 4.90 Å². The summed E-state index contributed by atoms with van der Waals surface area (Å²) in [6.45, 7) is 5.80. The largest absolute Gasteiger partial charge is 0.377 e. The lowest BCUT2D eigenvalue weighted by Crippen LogP contribution is -2.52. The van der Waals surface area contributed by atoms with Gasteiger partial charge in [-0.15, -0.1) is 0 Å². The number of hydrogen-bond donors (Lipinski definition) is 1. The molecule has 4 atom stereocenters. The predicted octanol–water partition coefficient (Wildman–Crippen LogP) is 2.17. The Morgan fingerprint density at radius 1 is 1.40 bits per heavy atom. The second kappa shape index (κ2) is 6.44. The second-order valence-electron chi connectivity index (χ2n) is 6.99. The maximum atomic E-state index is 12.7. The second-order valence-corrected chi connectivity index (χ2v) is 6.99. The van der Waals surface area contributed by atoms with Crippen LogP contribution in [-0.4, -0.2) is 42.6 Å². The minimum Gasteiger partial charge on any atom is -0.377 e. The molecule has 1 amide bonds. The molecule has 0 radical (unpaired) electrons. The van der Waals surface area contributed by atoms with Crippen molar-refractivity contribution in [3.63, 3.8) is 0 Å². The van der Waals surface area contributed by atoms with Gasteiger partial charge in [0.25, 0.3) is 0 Å². The van der Waals surface area contributed by atoms with E-state index in [9.17, 15) is 4.79 Å². The number of carbonyl (C=O) groups excluding carboxylic acids is 1. The van der Waals surface area contributed by atoms with E-state index in [1.807, 2.05) is 4.90 Å². The number of hydrogen-bond acceptors (Lipinski definition) is 3. The van der Waals surface area contributed by atoms with Crippen molar-refractivity contribution >= 4 is 5.91 Å². The molecule has 0 spiro atoms. The van der Waals surface area contributed by atoms with Crippen LogP contribution in [0.1, 0.15) is 52.4 Å². The van der Waals surface area contributed by atoms with E-state index in [2.05, 4.69) is 13.8 Å². The molecule has 0 aromatic rings. The van der Waals surface area contributed by atoms with E-state index in [-0.39, 0.29) is 17.6 Å². The van der Waals surface area contributed by atoms with Crippen LogP contribution in [0.15, 0.2) is 0 Å². The highest BCUT2D eigenvalue weighted by atomic mass is 16.5. The SMILES string of the molecule is COC1(C)CCCN(C(=O)C(C)C2CCCC(N)C2)C1. The molecule has 4 heteroatoms. The quantitative estimate of drug-likeness (QED) is 0.863. The molecule has 2 rings (SSSR count). The standard InChI is InChI=1S/C16H30N2O2/c1-12(13-6-4-7-14(17)10-13)15(19)18-9-5-8-16(2,11-18)20-3/h12-14H,4-11,17H2,1-3H3. The molecule has 0 aromatic carbocycles. The van der Waals surface area contributed by atoms with E-state index in [1.165, 1.54) is 6.42 Å². The molecule has 2 N–H and O–H groups in total. The lowest BCUT2D eigenvalue weighted by molar-refractivity contribution is -0.145. The van der Waals surface area contributed by atoms with E-state index in [0.717, 1.165) is 45.2 Å². The first-order chi connectivity index (χ1) is 9.45. The molecule has 2 fully saturated rings. The van der Waals surface area contributed by atoms with Gasteiger partial charge in [0.15, 0.2) is 0 Å². The monoisotopic (exact) mass is 282 g/mol. The van der Waals surface area contributed by atoms with Gasteiger partial charge >= 0.3 is 0 Å². The van der Waals surface area contributed by atoms with E-state index in [1.54, 1.807) is 7.11 Å². The summed E-state index contributed by atoms with van der Waals surface area (Å²) in [4.78, 5) is 14.7. The molecule has 1 heterocycles. The Hall–Kier alpha value is -0.610. The fourth-order valence-corrected chi connectivity index (χ4v) is 3.77. The minimum atomic E-state index is -0.170. The van der Waals surface area contributed by atoms with Crippen LogP contribution in [-0.2, 0) is 9.53 Å². The normalized spacial score (nSPS) is 36.7. The van der Waals surface area contributed by atoms with E-state index >= 15 is 0 Å². The van der Waals surface area contributed by atoms with Crippen LogP contribution < -0.4 is 5.73 Å². The number of piperidine rings is 1. The van der Waals surface area contributed by atoms with Gasteiger partial charge in [-0.2, -0.15) is 0 Å². The van der Waals surface area contributed by atoms with Crippen molar-refractivity contribution in [3.8, 4) is 0 Å². The zero-order valence-electron chi connectivity index (χ0n) is 13.2. The number of nitrogens with two attached hydrogens (primary N) is 1. The maximum Gasteiger partial charge on any atom is 0.225 e.